The number of halogens is 1. The van der Waals surface area contributed by atoms with Gasteiger partial charge < -0.3 is 30.7 Å². The monoisotopic (exact) mass is 697 g/mol. The molecule has 5 N–H and O–H groups in total. The molecule has 3 fully saturated rings. The molecule has 1 saturated carbocycles. The van der Waals surface area contributed by atoms with E-state index in [1.807, 2.05) is 9.80 Å². The first-order valence-corrected chi connectivity index (χ1v) is 16.9. The first-order valence-electron chi connectivity index (χ1n) is 15.0. The molecular formula is C30H28FN7O8S2. The number of carbonyl (C=O) groups is 5. The summed E-state index contributed by atoms with van der Waals surface area (Å²) in [7, 11) is 0. The number of carbonyl (C=O) groups excluding carboxylic acids is 3. The SMILES string of the molecule is Nc1nc(C(=O)C(=O)N[C@H]2C(=O)N3C(C(=O)O)=C(CN4CCN(c5cc6c(cc5F)c(=O)c(C(=O)O)cn6C5CC5)CC4)CS[C@@H]23)cs1. The molecule has 0 spiro atoms. The molecule has 2 atom stereocenters. The number of aromatic nitrogens is 2. The van der Waals surface area contributed by atoms with Crippen molar-refractivity contribution in [2.24, 2.45) is 0 Å². The Balaban J connectivity index is 1.04. The van der Waals surface area contributed by atoms with Crippen molar-refractivity contribution < 1.29 is 38.6 Å². The molecule has 1 aromatic carbocycles. The maximum absolute atomic E-state index is 15.4. The standard InChI is InChI=1S/C30H28FN7O8S2/c31-17-7-15-19(37(14-1-2-14)10-16(23(15)39)28(43)44)8-20(17)36-5-3-35(4-6-36)9-13-11-47-27-21(26(42)38(27)22(13)29(45)46)34-25(41)24(40)18-12-48-30(32)33-18/h7-8,10,12,14,21,27H,1-6,9,11H2,(H2,32,33)(H,34,41)(H,43,44)(H,45,46)/t21-,27-/m0/s1. The smallest absolute Gasteiger partial charge is 0.352 e. The number of nitrogen functional groups attached to an aromatic ring is 1. The van der Waals surface area contributed by atoms with E-state index in [9.17, 15) is 39.0 Å². The molecule has 2 amide bonds. The number of nitrogens with two attached hydrogens (primary N) is 1. The number of thioether (sulfide) groups is 1. The van der Waals surface area contributed by atoms with E-state index in [0.717, 1.165) is 35.1 Å². The lowest BCUT2D eigenvalue weighted by Gasteiger charge is -2.49. The van der Waals surface area contributed by atoms with E-state index in [1.165, 1.54) is 23.3 Å². The number of Topliss-reactive ketones (excluding diaryl/α,β-unsaturated/α-hetero) is 1. The van der Waals surface area contributed by atoms with Crippen LogP contribution < -0.4 is 21.4 Å². The molecular weight excluding hydrogens is 670 g/mol. The number of aliphatic carboxylic acids is 1. The number of pyridine rings is 1. The molecule has 3 aliphatic heterocycles. The first kappa shape index (κ1) is 31.8. The number of fused-ring (bicyclic) bond motifs is 2. The van der Waals surface area contributed by atoms with Crippen LogP contribution in [0.2, 0.25) is 0 Å². The molecule has 15 nitrogen and oxygen atoms in total. The second-order valence-electron chi connectivity index (χ2n) is 11.9. The van der Waals surface area contributed by atoms with Crippen molar-refractivity contribution in [2.45, 2.75) is 30.3 Å². The summed E-state index contributed by atoms with van der Waals surface area (Å²) in [4.78, 5) is 83.6. The summed E-state index contributed by atoms with van der Waals surface area (Å²) in [5.74, 6) is -5.64. The van der Waals surface area contributed by atoms with Crippen molar-refractivity contribution in [1.29, 1.82) is 0 Å². The van der Waals surface area contributed by atoms with Crippen LogP contribution in [0.15, 0.2) is 39.8 Å². The Hall–Kier alpha value is -4.81. The van der Waals surface area contributed by atoms with E-state index in [2.05, 4.69) is 10.3 Å². The van der Waals surface area contributed by atoms with Crippen LogP contribution in [0.4, 0.5) is 15.2 Å². The predicted octanol–water partition coefficient (Wildman–Crippen LogP) is 0.956. The number of carboxylic acids is 2. The number of hydrogen-bond donors (Lipinski definition) is 4. The predicted molar refractivity (Wildman–Crippen MR) is 173 cm³/mol. The number of thiazole rings is 1. The van der Waals surface area contributed by atoms with Crippen molar-refractivity contribution in [1.82, 2.24) is 24.7 Å². The first-order chi connectivity index (χ1) is 22.9. The number of nitrogens with one attached hydrogen (secondary N) is 1. The van der Waals surface area contributed by atoms with Gasteiger partial charge in [-0.3, -0.25) is 29.0 Å². The number of benzene rings is 1. The molecule has 5 heterocycles. The maximum atomic E-state index is 15.4. The second-order valence-corrected chi connectivity index (χ2v) is 13.9. The minimum Gasteiger partial charge on any atom is -0.477 e. The van der Waals surface area contributed by atoms with Gasteiger partial charge in [0.15, 0.2) is 5.13 Å². The lowest BCUT2D eigenvalue weighted by atomic mass is 10.0. The third-order valence-electron chi connectivity index (χ3n) is 8.90. The van der Waals surface area contributed by atoms with Gasteiger partial charge in [0.25, 0.3) is 17.6 Å². The zero-order valence-corrected chi connectivity index (χ0v) is 26.7. The summed E-state index contributed by atoms with van der Waals surface area (Å²) in [6.45, 7) is 1.93. The molecule has 250 valence electrons. The molecule has 1 aliphatic carbocycles. The van der Waals surface area contributed by atoms with Crippen LogP contribution in [0.5, 0.6) is 0 Å². The quantitative estimate of drug-likeness (QED) is 0.140. The zero-order chi connectivity index (χ0) is 34.0. The molecule has 7 rings (SSSR count). The van der Waals surface area contributed by atoms with Crippen LogP contribution in [0, 0.1) is 5.82 Å². The summed E-state index contributed by atoms with van der Waals surface area (Å²) in [5, 5.41) is 22.8. The van der Waals surface area contributed by atoms with E-state index in [-0.39, 0.29) is 45.9 Å². The minimum absolute atomic E-state index is 0.0153. The number of anilines is 2. The topological polar surface area (TPSA) is 208 Å². The zero-order valence-electron chi connectivity index (χ0n) is 25.1. The minimum atomic E-state index is -1.36. The number of hydrogen-bond acceptors (Lipinski definition) is 12. The summed E-state index contributed by atoms with van der Waals surface area (Å²) in [5.41, 5.74) is 5.38. The van der Waals surface area contributed by atoms with E-state index in [4.69, 9.17) is 5.73 Å². The van der Waals surface area contributed by atoms with Gasteiger partial charge in [-0.15, -0.1) is 23.1 Å². The normalized spacial score (nSPS) is 21.2. The number of amides is 2. The second kappa shape index (κ2) is 12.0. The van der Waals surface area contributed by atoms with Crippen LogP contribution in [-0.2, 0) is 14.4 Å². The van der Waals surface area contributed by atoms with E-state index in [0.29, 0.717) is 37.3 Å². The molecule has 0 unspecified atom stereocenters. The highest BCUT2D eigenvalue weighted by Gasteiger charge is 2.54. The van der Waals surface area contributed by atoms with Crippen LogP contribution in [0.1, 0.15) is 39.7 Å². The number of carboxylic acid groups (broad SMARTS) is 2. The van der Waals surface area contributed by atoms with E-state index < -0.39 is 57.8 Å². The van der Waals surface area contributed by atoms with Crippen molar-refractivity contribution in [3.05, 3.63) is 62.3 Å². The molecule has 2 saturated heterocycles. The molecule has 0 radical (unpaired) electrons. The summed E-state index contributed by atoms with van der Waals surface area (Å²) in [6.07, 6.45) is 3.00. The van der Waals surface area contributed by atoms with E-state index in [1.54, 1.807) is 10.6 Å². The maximum Gasteiger partial charge on any atom is 0.352 e. The lowest BCUT2D eigenvalue weighted by molar-refractivity contribution is -0.150. The fraction of sp³-hybridized carbons (Fsp3) is 0.367. The number of piperazine rings is 1. The molecule has 18 heteroatoms. The third-order valence-corrected chi connectivity index (χ3v) is 10.9. The lowest BCUT2D eigenvalue weighted by Crippen LogP contribution is -2.71. The van der Waals surface area contributed by atoms with Gasteiger partial charge in [-0.2, -0.15) is 0 Å². The largest absolute Gasteiger partial charge is 0.477 e. The van der Waals surface area contributed by atoms with Gasteiger partial charge in [-0.1, -0.05) is 0 Å². The number of nitrogens with zero attached hydrogens (tertiary/aromatic N) is 5. The van der Waals surface area contributed by atoms with E-state index >= 15 is 4.39 Å². The molecule has 4 aliphatic rings. The van der Waals surface area contributed by atoms with Crippen molar-refractivity contribution in [2.75, 3.05) is 49.1 Å². The number of aromatic carboxylic acids is 1. The molecule has 48 heavy (non-hydrogen) atoms. The molecule has 0 bridgehead atoms. The van der Waals surface area contributed by atoms with Crippen LogP contribution in [0.25, 0.3) is 10.9 Å². The number of rotatable bonds is 9. The Morgan fingerprint density at radius 3 is 2.42 bits per heavy atom. The van der Waals surface area contributed by atoms with Gasteiger partial charge >= 0.3 is 11.9 Å². The highest BCUT2D eigenvalue weighted by Crippen LogP contribution is 2.41. The van der Waals surface area contributed by atoms with Gasteiger partial charge in [-0.05, 0) is 30.5 Å². The fourth-order valence-corrected chi connectivity index (χ4v) is 8.22. The Morgan fingerprint density at radius 1 is 1.06 bits per heavy atom. The van der Waals surface area contributed by atoms with Gasteiger partial charge in [0.1, 0.15) is 34.2 Å². The third kappa shape index (κ3) is 5.48. The highest BCUT2D eigenvalue weighted by molar-refractivity contribution is 8.00. The Morgan fingerprint density at radius 2 is 1.79 bits per heavy atom. The summed E-state index contributed by atoms with van der Waals surface area (Å²) in [6, 6.07) is 1.67. The van der Waals surface area contributed by atoms with Gasteiger partial charge in [0, 0.05) is 61.5 Å². The van der Waals surface area contributed by atoms with Crippen LogP contribution in [0.3, 0.4) is 0 Å². The molecule has 2 aromatic heterocycles. The fourth-order valence-electron chi connectivity index (χ4n) is 6.34. The van der Waals surface area contributed by atoms with Gasteiger partial charge in [0.05, 0.1) is 11.2 Å². The van der Waals surface area contributed by atoms with Crippen molar-refractivity contribution in [3.63, 3.8) is 0 Å². The Labute approximate surface area is 278 Å². The van der Waals surface area contributed by atoms with Gasteiger partial charge in [-0.25, -0.2) is 19.0 Å². The van der Waals surface area contributed by atoms with Crippen LogP contribution in [-0.4, -0.2) is 109 Å². The molecule has 3 aromatic rings. The number of ketones is 1. The Bertz CT molecular complexity index is 2020. The summed E-state index contributed by atoms with van der Waals surface area (Å²) >= 11 is 2.28. The summed E-state index contributed by atoms with van der Waals surface area (Å²) < 4.78 is 17.2. The Kier molecular flexibility index (Phi) is 7.95. The van der Waals surface area contributed by atoms with Crippen LogP contribution >= 0.6 is 23.1 Å². The highest BCUT2D eigenvalue weighted by atomic mass is 32.2. The van der Waals surface area contributed by atoms with Gasteiger partial charge in [0.2, 0.25) is 5.43 Å². The van der Waals surface area contributed by atoms with Crippen molar-refractivity contribution >= 4 is 74.4 Å². The average Bonchev–Trinajstić information content (AvgIpc) is 3.82. The van der Waals surface area contributed by atoms with Crippen molar-refractivity contribution in [3.8, 4) is 0 Å². The average molecular weight is 698 g/mol. The number of β-lactam (4-membered cyclic amide) rings is 1.